The van der Waals surface area contributed by atoms with Crippen LogP contribution < -0.4 is 5.32 Å². The Kier molecular flexibility index (Phi) is 5.54. The fourth-order valence-electron chi connectivity index (χ4n) is 3.97. The molecule has 4 aromatic rings. The van der Waals surface area contributed by atoms with E-state index >= 15 is 0 Å². The Hall–Kier alpha value is -4.86. The molecule has 1 aromatic heterocycles. The molecule has 0 aliphatic carbocycles. The van der Waals surface area contributed by atoms with Gasteiger partial charge in [-0.15, -0.1) is 0 Å². The second-order valence-electron chi connectivity index (χ2n) is 7.93. The number of hydrogen-bond acceptors (Lipinski definition) is 7. The van der Waals surface area contributed by atoms with Crippen LogP contribution in [0.4, 0.5) is 11.4 Å². The van der Waals surface area contributed by atoms with E-state index in [-0.39, 0.29) is 47.8 Å². The first-order chi connectivity index (χ1) is 16.9. The molecule has 35 heavy (non-hydrogen) atoms. The largest absolute Gasteiger partial charge is 0.436 e. The van der Waals surface area contributed by atoms with Crippen LogP contribution in [0, 0.1) is 10.1 Å². The van der Waals surface area contributed by atoms with Gasteiger partial charge >= 0.3 is 0 Å². The van der Waals surface area contributed by atoms with Crippen LogP contribution in [0.25, 0.3) is 22.6 Å². The van der Waals surface area contributed by atoms with Crippen molar-refractivity contribution in [3.63, 3.8) is 0 Å². The summed E-state index contributed by atoms with van der Waals surface area (Å²) in [5.74, 6) is -0.802. The van der Waals surface area contributed by atoms with Crippen molar-refractivity contribution in [1.82, 2.24) is 9.88 Å². The van der Waals surface area contributed by atoms with E-state index < -0.39 is 4.92 Å². The molecule has 174 valence electrons. The van der Waals surface area contributed by atoms with E-state index in [0.717, 1.165) is 4.90 Å². The summed E-state index contributed by atoms with van der Waals surface area (Å²) in [7, 11) is 0. The third-order valence-corrected chi connectivity index (χ3v) is 5.68. The van der Waals surface area contributed by atoms with Crippen molar-refractivity contribution in [2.45, 2.75) is 12.8 Å². The van der Waals surface area contributed by atoms with Gasteiger partial charge in [-0.25, -0.2) is 4.98 Å². The molecule has 0 atom stereocenters. The number of fused-ring (bicyclic) bond motifs is 2. The molecule has 3 amide bonds. The van der Waals surface area contributed by atoms with Crippen molar-refractivity contribution in [3.8, 4) is 11.5 Å². The number of nitro groups is 1. The Morgan fingerprint density at radius 3 is 2.31 bits per heavy atom. The van der Waals surface area contributed by atoms with E-state index in [1.807, 2.05) is 0 Å². The Morgan fingerprint density at radius 2 is 1.63 bits per heavy atom. The SMILES string of the molecule is O=C(CCCN1C(=O)c2ccccc2C1=O)Nc1ccccc1-c1nc2ccc([N+](=O)[O-])cc2o1. The molecule has 3 aromatic carbocycles. The van der Waals surface area contributed by atoms with Crippen LogP contribution in [-0.4, -0.2) is 39.1 Å². The van der Waals surface area contributed by atoms with Gasteiger partial charge in [-0.1, -0.05) is 24.3 Å². The predicted octanol–water partition coefficient (Wildman–Crippen LogP) is 4.42. The van der Waals surface area contributed by atoms with Gasteiger partial charge in [-0.05, 0) is 36.8 Å². The number of rotatable bonds is 7. The molecule has 1 aliphatic rings. The number of hydrogen-bond donors (Lipinski definition) is 1. The molecule has 5 rings (SSSR count). The van der Waals surface area contributed by atoms with Crippen molar-refractivity contribution in [2.24, 2.45) is 0 Å². The highest BCUT2D eigenvalue weighted by molar-refractivity contribution is 6.21. The minimum atomic E-state index is -0.516. The summed E-state index contributed by atoms with van der Waals surface area (Å²) in [5, 5.41) is 13.8. The van der Waals surface area contributed by atoms with Crippen molar-refractivity contribution >= 4 is 40.2 Å². The zero-order valence-corrected chi connectivity index (χ0v) is 18.3. The zero-order chi connectivity index (χ0) is 24.5. The van der Waals surface area contributed by atoms with Gasteiger partial charge in [0, 0.05) is 19.0 Å². The average molecular weight is 470 g/mol. The lowest BCUT2D eigenvalue weighted by Crippen LogP contribution is -2.31. The number of nitro benzene ring substituents is 1. The molecule has 0 fully saturated rings. The first kappa shape index (κ1) is 22.0. The third kappa shape index (κ3) is 4.12. The summed E-state index contributed by atoms with van der Waals surface area (Å²) in [6.45, 7) is 0.130. The van der Waals surface area contributed by atoms with E-state index in [0.29, 0.717) is 34.3 Å². The number of carbonyl (C=O) groups is 3. The van der Waals surface area contributed by atoms with Gasteiger partial charge in [0.25, 0.3) is 17.5 Å². The number of oxazole rings is 1. The lowest BCUT2D eigenvalue weighted by atomic mass is 10.1. The molecule has 1 aliphatic heterocycles. The summed E-state index contributed by atoms with van der Waals surface area (Å²) in [4.78, 5) is 53.6. The van der Waals surface area contributed by atoms with Crippen LogP contribution in [0.5, 0.6) is 0 Å². The molecule has 1 N–H and O–H groups in total. The Balaban J connectivity index is 1.26. The third-order valence-electron chi connectivity index (χ3n) is 5.68. The summed E-state index contributed by atoms with van der Waals surface area (Å²) in [6, 6.07) is 17.7. The maximum absolute atomic E-state index is 12.6. The normalized spacial score (nSPS) is 12.7. The topological polar surface area (TPSA) is 136 Å². The van der Waals surface area contributed by atoms with Crippen LogP contribution in [0.2, 0.25) is 0 Å². The van der Waals surface area contributed by atoms with Gasteiger partial charge in [0.15, 0.2) is 5.58 Å². The number of aromatic nitrogens is 1. The zero-order valence-electron chi connectivity index (χ0n) is 18.3. The highest BCUT2D eigenvalue weighted by Gasteiger charge is 2.34. The van der Waals surface area contributed by atoms with Crippen molar-refractivity contribution in [2.75, 3.05) is 11.9 Å². The number of imide groups is 1. The molecule has 0 bridgehead atoms. The number of benzene rings is 3. The van der Waals surface area contributed by atoms with E-state index in [9.17, 15) is 24.5 Å². The number of para-hydroxylation sites is 1. The molecule has 0 saturated carbocycles. The molecule has 2 heterocycles. The summed E-state index contributed by atoms with van der Waals surface area (Å²) >= 11 is 0. The molecular weight excluding hydrogens is 452 g/mol. The number of nitrogens with zero attached hydrogens (tertiary/aromatic N) is 3. The summed E-state index contributed by atoms with van der Waals surface area (Å²) < 4.78 is 5.72. The van der Waals surface area contributed by atoms with E-state index in [1.54, 1.807) is 48.5 Å². The van der Waals surface area contributed by atoms with E-state index in [1.165, 1.54) is 18.2 Å². The molecular formula is C25H18N4O6. The van der Waals surface area contributed by atoms with Crippen LogP contribution in [0.1, 0.15) is 33.6 Å². The fourth-order valence-corrected chi connectivity index (χ4v) is 3.97. The van der Waals surface area contributed by atoms with E-state index in [4.69, 9.17) is 4.42 Å². The smallest absolute Gasteiger partial charge is 0.273 e. The van der Waals surface area contributed by atoms with Gasteiger partial charge in [0.2, 0.25) is 11.8 Å². The lowest BCUT2D eigenvalue weighted by Gasteiger charge is -2.14. The van der Waals surface area contributed by atoms with Gasteiger partial charge in [-0.2, -0.15) is 0 Å². The number of carbonyl (C=O) groups excluding carboxylic acids is 3. The number of amides is 3. The molecule has 0 unspecified atom stereocenters. The summed E-state index contributed by atoms with van der Waals surface area (Å²) in [5.41, 5.74) is 2.32. The predicted molar refractivity (Wildman–Crippen MR) is 126 cm³/mol. The fraction of sp³-hybridized carbons (Fsp3) is 0.120. The highest BCUT2D eigenvalue weighted by atomic mass is 16.6. The van der Waals surface area contributed by atoms with Gasteiger partial charge in [-0.3, -0.25) is 29.4 Å². The quantitative estimate of drug-likeness (QED) is 0.240. The number of anilines is 1. The maximum Gasteiger partial charge on any atom is 0.273 e. The average Bonchev–Trinajstić information content (AvgIpc) is 3.39. The first-order valence-corrected chi connectivity index (χ1v) is 10.8. The number of nitrogens with one attached hydrogen (secondary N) is 1. The van der Waals surface area contributed by atoms with Gasteiger partial charge < -0.3 is 9.73 Å². The molecule has 0 saturated heterocycles. The first-order valence-electron chi connectivity index (χ1n) is 10.8. The second-order valence-corrected chi connectivity index (χ2v) is 7.93. The van der Waals surface area contributed by atoms with Gasteiger partial charge in [0.05, 0.1) is 33.4 Å². The van der Waals surface area contributed by atoms with Crippen molar-refractivity contribution in [1.29, 1.82) is 0 Å². The second kappa shape index (κ2) is 8.82. The van der Waals surface area contributed by atoms with Crippen molar-refractivity contribution < 1.29 is 23.7 Å². The molecule has 0 spiro atoms. The minimum absolute atomic E-state index is 0.0848. The van der Waals surface area contributed by atoms with Crippen LogP contribution in [0.15, 0.2) is 71.1 Å². The Labute approximate surface area is 198 Å². The Morgan fingerprint density at radius 1 is 0.971 bits per heavy atom. The number of non-ortho nitro benzene ring substituents is 1. The van der Waals surface area contributed by atoms with Crippen LogP contribution in [-0.2, 0) is 4.79 Å². The standard InChI is InChI=1S/C25H18N4O6/c30-22(10-5-13-28-24(31)16-6-1-2-7-17(16)25(28)32)26-19-9-4-3-8-18(19)23-27-20-12-11-15(29(33)34)14-21(20)35-23/h1-4,6-9,11-12,14H,5,10,13H2,(H,26,30). The van der Waals surface area contributed by atoms with E-state index in [2.05, 4.69) is 10.3 Å². The minimum Gasteiger partial charge on any atom is -0.436 e. The molecule has 0 radical (unpaired) electrons. The molecule has 10 heteroatoms. The van der Waals surface area contributed by atoms with Crippen LogP contribution >= 0.6 is 0 Å². The van der Waals surface area contributed by atoms with Crippen molar-refractivity contribution in [3.05, 3.63) is 88.0 Å². The van der Waals surface area contributed by atoms with Crippen LogP contribution in [0.3, 0.4) is 0 Å². The van der Waals surface area contributed by atoms with Gasteiger partial charge in [0.1, 0.15) is 5.52 Å². The summed E-state index contributed by atoms with van der Waals surface area (Å²) in [6.07, 6.45) is 0.382. The Bertz CT molecular complexity index is 1470. The lowest BCUT2D eigenvalue weighted by molar-refractivity contribution is -0.384. The molecule has 10 nitrogen and oxygen atoms in total. The monoisotopic (exact) mass is 470 g/mol. The highest BCUT2D eigenvalue weighted by Crippen LogP contribution is 2.31. The maximum atomic E-state index is 12.6.